The molecule has 0 aromatic heterocycles. The monoisotopic (exact) mass is 408 g/mol. The molecule has 0 spiro atoms. The number of urea groups is 1. The quantitative estimate of drug-likeness (QED) is 0.700. The molecule has 28 heavy (non-hydrogen) atoms. The Labute approximate surface area is 172 Å². The van der Waals surface area contributed by atoms with Crippen LogP contribution in [-0.4, -0.2) is 59.4 Å². The minimum absolute atomic E-state index is 0. The molecule has 0 unspecified atom stereocenters. The molecule has 8 heteroatoms. The number of hydrogen-bond donors (Lipinski definition) is 2. The summed E-state index contributed by atoms with van der Waals surface area (Å²) >= 11 is 0. The molecule has 3 rings (SSSR count). The number of halogens is 1. The van der Waals surface area contributed by atoms with Crippen LogP contribution in [0, 0.1) is 5.92 Å². The largest absolute Gasteiger partial charge is 0.342 e. The van der Waals surface area contributed by atoms with E-state index in [9.17, 15) is 14.4 Å². The summed E-state index contributed by atoms with van der Waals surface area (Å²) in [6.45, 7) is 5.49. The van der Waals surface area contributed by atoms with Crippen molar-refractivity contribution in [1.29, 1.82) is 0 Å². The van der Waals surface area contributed by atoms with Gasteiger partial charge in [-0.3, -0.25) is 14.5 Å². The van der Waals surface area contributed by atoms with Crippen molar-refractivity contribution < 1.29 is 14.4 Å². The Hall–Kier alpha value is -2.12. The van der Waals surface area contributed by atoms with E-state index in [-0.39, 0.29) is 48.6 Å². The van der Waals surface area contributed by atoms with Gasteiger partial charge in [0.25, 0.3) is 5.91 Å². The van der Waals surface area contributed by atoms with Crippen LogP contribution in [0.2, 0.25) is 0 Å². The lowest BCUT2D eigenvalue weighted by molar-refractivity contribution is -0.132. The van der Waals surface area contributed by atoms with Crippen LogP contribution in [0.1, 0.15) is 38.2 Å². The molecule has 2 fully saturated rings. The number of imide groups is 1. The van der Waals surface area contributed by atoms with E-state index in [0.717, 1.165) is 0 Å². The molecule has 0 radical (unpaired) electrons. The van der Waals surface area contributed by atoms with Gasteiger partial charge in [-0.25, -0.2) is 4.79 Å². The average Bonchev–Trinajstić information content (AvgIpc) is 3.16. The van der Waals surface area contributed by atoms with Gasteiger partial charge in [-0.2, -0.15) is 0 Å². The smallest absolute Gasteiger partial charge is 0.325 e. The number of likely N-dealkylation sites (tertiary alicyclic amines) is 1. The van der Waals surface area contributed by atoms with Crippen molar-refractivity contribution in [2.45, 2.75) is 38.1 Å². The van der Waals surface area contributed by atoms with E-state index < -0.39 is 5.54 Å². The zero-order valence-corrected chi connectivity index (χ0v) is 17.2. The SMILES string of the molecule is CC1(C)NC(=O)N(CCCC(=O)N2C[C@@H](CN)[C@H](c3ccccc3)C2)C1=O.Cl. The molecule has 2 atom stereocenters. The standard InChI is InChI=1S/C20H28N4O3.ClH/c1-20(2)18(26)24(19(27)22-20)10-6-9-17(25)23-12-15(11-21)16(13-23)14-7-4-3-5-8-14;/h3-5,7-8,15-16H,6,9-13,21H2,1-2H3,(H,22,27);1H/t15-,16+;/m1./s1. The van der Waals surface area contributed by atoms with Gasteiger partial charge in [0.15, 0.2) is 0 Å². The van der Waals surface area contributed by atoms with Crippen molar-refractivity contribution in [3.05, 3.63) is 35.9 Å². The van der Waals surface area contributed by atoms with E-state index in [2.05, 4.69) is 17.4 Å². The highest BCUT2D eigenvalue weighted by Gasteiger charge is 2.44. The second-order valence-corrected chi connectivity index (χ2v) is 7.93. The minimum Gasteiger partial charge on any atom is -0.342 e. The molecule has 4 amide bonds. The predicted molar refractivity (Wildman–Crippen MR) is 109 cm³/mol. The Morgan fingerprint density at radius 3 is 2.46 bits per heavy atom. The molecule has 0 bridgehead atoms. The number of amides is 4. The number of rotatable bonds is 6. The third-order valence-corrected chi connectivity index (χ3v) is 5.54. The van der Waals surface area contributed by atoms with Crippen LogP contribution in [0.15, 0.2) is 30.3 Å². The van der Waals surface area contributed by atoms with Crippen LogP contribution in [0.5, 0.6) is 0 Å². The zero-order valence-electron chi connectivity index (χ0n) is 16.4. The summed E-state index contributed by atoms with van der Waals surface area (Å²) in [5, 5.41) is 2.65. The molecule has 2 aliphatic heterocycles. The maximum absolute atomic E-state index is 12.6. The summed E-state index contributed by atoms with van der Waals surface area (Å²) in [6.07, 6.45) is 0.782. The molecule has 2 saturated heterocycles. The van der Waals surface area contributed by atoms with Crippen LogP contribution in [-0.2, 0) is 9.59 Å². The second-order valence-electron chi connectivity index (χ2n) is 7.93. The summed E-state index contributed by atoms with van der Waals surface area (Å²) in [6, 6.07) is 9.78. The lowest BCUT2D eigenvalue weighted by atomic mass is 9.89. The fourth-order valence-corrected chi connectivity index (χ4v) is 3.96. The molecular formula is C20H29ClN4O3. The molecule has 2 heterocycles. The van der Waals surface area contributed by atoms with Crippen molar-refractivity contribution in [2.24, 2.45) is 11.7 Å². The molecule has 0 saturated carbocycles. The van der Waals surface area contributed by atoms with E-state index in [1.54, 1.807) is 13.8 Å². The first-order valence-corrected chi connectivity index (χ1v) is 9.50. The van der Waals surface area contributed by atoms with Crippen molar-refractivity contribution in [2.75, 3.05) is 26.2 Å². The Balaban J connectivity index is 0.00000280. The van der Waals surface area contributed by atoms with Crippen molar-refractivity contribution in [3.63, 3.8) is 0 Å². The Bertz CT molecular complexity index is 725. The first-order chi connectivity index (χ1) is 12.8. The van der Waals surface area contributed by atoms with E-state index in [1.807, 2.05) is 23.1 Å². The lowest BCUT2D eigenvalue weighted by Gasteiger charge is -2.18. The van der Waals surface area contributed by atoms with Gasteiger partial charge in [0, 0.05) is 32.0 Å². The highest BCUT2D eigenvalue weighted by Crippen LogP contribution is 2.32. The number of nitrogens with one attached hydrogen (secondary N) is 1. The van der Waals surface area contributed by atoms with Crippen molar-refractivity contribution >= 4 is 30.3 Å². The third-order valence-electron chi connectivity index (χ3n) is 5.54. The molecule has 1 aromatic rings. The second kappa shape index (κ2) is 8.92. The molecule has 3 N–H and O–H groups in total. The predicted octanol–water partition coefficient (Wildman–Crippen LogP) is 1.72. The molecule has 1 aromatic carbocycles. The fourth-order valence-electron chi connectivity index (χ4n) is 3.96. The van der Waals surface area contributed by atoms with Gasteiger partial charge < -0.3 is 16.0 Å². The number of carbonyl (C=O) groups is 3. The highest BCUT2D eigenvalue weighted by atomic mass is 35.5. The third kappa shape index (κ3) is 4.47. The van der Waals surface area contributed by atoms with Gasteiger partial charge >= 0.3 is 6.03 Å². The fraction of sp³-hybridized carbons (Fsp3) is 0.550. The minimum atomic E-state index is -0.868. The van der Waals surface area contributed by atoms with Gasteiger partial charge in [-0.05, 0) is 38.3 Å². The summed E-state index contributed by atoms with van der Waals surface area (Å²) in [5.74, 6) is 0.321. The molecule has 2 aliphatic rings. The Morgan fingerprint density at radius 1 is 1.21 bits per heavy atom. The van der Waals surface area contributed by atoms with Gasteiger partial charge in [0.1, 0.15) is 5.54 Å². The van der Waals surface area contributed by atoms with E-state index in [1.165, 1.54) is 10.5 Å². The van der Waals surface area contributed by atoms with Gasteiger partial charge in [-0.1, -0.05) is 30.3 Å². The van der Waals surface area contributed by atoms with E-state index >= 15 is 0 Å². The van der Waals surface area contributed by atoms with Crippen LogP contribution in [0.25, 0.3) is 0 Å². The first kappa shape index (κ1) is 22.2. The maximum atomic E-state index is 12.6. The number of nitrogens with two attached hydrogens (primary N) is 1. The molecular weight excluding hydrogens is 380 g/mol. The summed E-state index contributed by atoms with van der Waals surface area (Å²) < 4.78 is 0. The van der Waals surface area contributed by atoms with E-state index in [4.69, 9.17) is 5.73 Å². The summed E-state index contributed by atoms with van der Waals surface area (Å²) in [4.78, 5) is 39.8. The van der Waals surface area contributed by atoms with E-state index in [0.29, 0.717) is 32.5 Å². The van der Waals surface area contributed by atoms with Gasteiger partial charge in [0.05, 0.1) is 0 Å². The summed E-state index contributed by atoms with van der Waals surface area (Å²) in [5.41, 5.74) is 6.28. The van der Waals surface area contributed by atoms with Crippen molar-refractivity contribution in [3.8, 4) is 0 Å². The number of nitrogens with zero attached hydrogens (tertiary/aromatic N) is 2. The maximum Gasteiger partial charge on any atom is 0.325 e. The lowest BCUT2D eigenvalue weighted by Crippen LogP contribution is -2.40. The van der Waals surface area contributed by atoms with Gasteiger partial charge in [0.2, 0.25) is 5.91 Å². The Kier molecular flexibility index (Phi) is 7.06. The average molecular weight is 409 g/mol. The van der Waals surface area contributed by atoms with Crippen LogP contribution < -0.4 is 11.1 Å². The topological polar surface area (TPSA) is 95.7 Å². The highest BCUT2D eigenvalue weighted by molar-refractivity contribution is 6.06. The summed E-state index contributed by atoms with van der Waals surface area (Å²) in [7, 11) is 0. The zero-order chi connectivity index (χ0) is 19.6. The molecule has 154 valence electrons. The number of benzene rings is 1. The molecule has 0 aliphatic carbocycles. The van der Waals surface area contributed by atoms with Crippen LogP contribution in [0.4, 0.5) is 4.79 Å². The normalized spacial score (nSPS) is 23.5. The Morgan fingerprint density at radius 2 is 1.89 bits per heavy atom. The number of hydrogen-bond acceptors (Lipinski definition) is 4. The van der Waals surface area contributed by atoms with Crippen LogP contribution >= 0.6 is 12.4 Å². The van der Waals surface area contributed by atoms with Crippen molar-refractivity contribution in [1.82, 2.24) is 15.1 Å². The van der Waals surface area contributed by atoms with Crippen LogP contribution in [0.3, 0.4) is 0 Å². The van der Waals surface area contributed by atoms with Gasteiger partial charge in [-0.15, -0.1) is 12.4 Å². The molecule has 7 nitrogen and oxygen atoms in total. The number of carbonyl (C=O) groups excluding carboxylic acids is 3. The first-order valence-electron chi connectivity index (χ1n) is 9.50.